The molecule has 0 radical (unpaired) electrons. The second-order valence-electron chi connectivity index (χ2n) is 1.47. The lowest BCUT2D eigenvalue weighted by Crippen LogP contribution is -1.99. The van der Waals surface area contributed by atoms with E-state index in [0.29, 0.717) is 0 Å². The van der Waals surface area contributed by atoms with Crippen LogP contribution in [0.15, 0.2) is 0 Å². The topological polar surface area (TPSA) is 20.2 Å². The summed E-state index contributed by atoms with van der Waals surface area (Å²) in [6.07, 6.45) is 0.674. The maximum atomic E-state index is 8.64. The lowest BCUT2D eigenvalue weighted by Gasteiger charge is -1.97. The Morgan fingerprint density at radius 2 is 2.43 bits per heavy atom. The van der Waals surface area contributed by atoms with Crippen molar-refractivity contribution in [1.29, 1.82) is 0 Å². The molecule has 0 saturated heterocycles. The molecule has 44 valence electrons. The molecule has 1 nitrogen and oxygen atoms in total. The third-order valence-corrected chi connectivity index (χ3v) is 1.59. The first-order valence-electron chi connectivity index (χ1n) is 2.22. The first kappa shape index (κ1) is 7.66. The SMILES string of the molecule is CC(O)CCSS. The van der Waals surface area contributed by atoms with Crippen LogP contribution in [0.2, 0.25) is 0 Å². The van der Waals surface area contributed by atoms with Gasteiger partial charge in [-0.2, -0.15) is 0 Å². The molecule has 0 aliphatic carbocycles. The van der Waals surface area contributed by atoms with Crippen LogP contribution in [-0.2, 0) is 0 Å². The molecule has 1 atom stereocenters. The fourth-order valence-electron chi connectivity index (χ4n) is 0.223. The van der Waals surface area contributed by atoms with Crippen molar-refractivity contribution in [3.8, 4) is 0 Å². The minimum atomic E-state index is -0.167. The average Bonchev–Trinajstić information content (AvgIpc) is 1.61. The number of thiol groups is 1. The Labute approximate surface area is 53.3 Å². The highest BCUT2D eigenvalue weighted by molar-refractivity contribution is 8.68. The molecule has 1 unspecified atom stereocenters. The van der Waals surface area contributed by atoms with E-state index in [9.17, 15) is 0 Å². The minimum absolute atomic E-state index is 0.167. The van der Waals surface area contributed by atoms with Gasteiger partial charge in [-0.25, -0.2) is 0 Å². The second-order valence-corrected chi connectivity index (χ2v) is 2.91. The number of aliphatic hydroxyl groups is 1. The zero-order valence-electron chi connectivity index (χ0n) is 4.29. The van der Waals surface area contributed by atoms with Gasteiger partial charge in [-0.15, -0.1) is 11.7 Å². The van der Waals surface area contributed by atoms with E-state index in [1.165, 1.54) is 10.8 Å². The molecule has 7 heavy (non-hydrogen) atoms. The minimum Gasteiger partial charge on any atom is -0.393 e. The summed E-state index contributed by atoms with van der Waals surface area (Å²) in [4.78, 5) is 0. The Kier molecular flexibility index (Phi) is 5.26. The standard InChI is InChI=1S/C4H10OS2/c1-4(5)2-3-7-6/h4-6H,2-3H2,1H3. The summed E-state index contributed by atoms with van der Waals surface area (Å²) in [5.74, 6) is 0.931. The first-order chi connectivity index (χ1) is 3.27. The molecule has 0 aromatic rings. The summed E-state index contributed by atoms with van der Waals surface area (Å²) in [6.45, 7) is 1.78. The Bertz CT molecular complexity index is 38.7. The van der Waals surface area contributed by atoms with Gasteiger partial charge < -0.3 is 5.11 Å². The lowest BCUT2D eigenvalue weighted by molar-refractivity contribution is 0.192. The molecule has 0 fully saturated rings. The van der Waals surface area contributed by atoms with E-state index >= 15 is 0 Å². The van der Waals surface area contributed by atoms with Crippen molar-refractivity contribution in [3.05, 3.63) is 0 Å². The Morgan fingerprint density at radius 3 is 2.57 bits per heavy atom. The molecule has 0 bridgehead atoms. The molecule has 0 aromatic carbocycles. The smallest absolute Gasteiger partial charge is 0.0520 e. The van der Waals surface area contributed by atoms with Crippen molar-refractivity contribution in [3.63, 3.8) is 0 Å². The van der Waals surface area contributed by atoms with Crippen molar-refractivity contribution in [2.24, 2.45) is 0 Å². The van der Waals surface area contributed by atoms with E-state index in [-0.39, 0.29) is 6.10 Å². The van der Waals surface area contributed by atoms with Crippen molar-refractivity contribution < 1.29 is 5.11 Å². The molecule has 0 amide bonds. The van der Waals surface area contributed by atoms with Crippen LogP contribution in [0, 0.1) is 0 Å². The van der Waals surface area contributed by atoms with Crippen molar-refractivity contribution in [1.82, 2.24) is 0 Å². The Morgan fingerprint density at radius 1 is 1.86 bits per heavy atom. The van der Waals surface area contributed by atoms with Gasteiger partial charge in [0.1, 0.15) is 0 Å². The van der Waals surface area contributed by atoms with Gasteiger partial charge in [-0.1, -0.05) is 10.8 Å². The van der Waals surface area contributed by atoms with Gasteiger partial charge in [-0.3, -0.25) is 0 Å². The third-order valence-electron chi connectivity index (χ3n) is 0.627. The Hall–Kier alpha value is 0.660. The van der Waals surface area contributed by atoms with Crippen molar-refractivity contribution in [2.75, 3.05) is 5.75 Å². The molecule has 0 saturated carbocycles. The molecule has 0 aliphatic heterocycles. The van der Waals surface area contributed by atoms with Gasteiger partial charge in [-0.05, 0) is 13.3 Å². The first-order valence-corrected chi connectivity index (χ1v) is 4.25. The summed E-state index contributed by atoms with van der Waals surface area (Å²) in [7, 11) is 1.46. The van der Waals surface area contributed by atoms with Gasteiger partial charge in [0.15, 0.2) is 0 Å². The van der Waals surface area contributed by atoms with Crippen LogP contribution in [0.1, 0.15) is 13.3 Å². The molecule has 3 heteroatoms. The molecule has 0 spiro atoms. The van der Waals surface area contributed by atoms with Crippen LogP contribution >= 0.6 is 22.5 Å². The summed E-state index contributed by atoms with van der Waals surface area (Å²) >= 11 is 3.90. The predicted molar refractivity (Wildman–Crippen MR) is 37.7 cm³/mol. The van der Waals surface area contributed by atoms with Crippen LogP contribution in [0.3, 0.4) is 0 Å². The monoisotopic (exact) mass is 138 g/mol. The molecule has 0 heterocycles. The van der Waals surface area contributed by atoms with Gasteiger partial charge in [0.05, 0.1) is 6.10 Å². The van der Waals surface area contributed by atoms with Crippen molar-refractivity contribution >= 4 is 22.5 Å². The largest absolute Gasteiger partial charge is 0.393 e. The van der Waals surface area contributed by atoms with E-state index in [1.807, 2.05) is 0 Å². The molecule has 0 rings (SSSR count). The third kappa shape index (κ3) is 6.66. The highest BCUT2D eigenvalue weighted by atomic mass is 33.1. The average molecular weight is 138 g/mol. The second kappa shape index (κ2) is 4.81. The number of aliphatic hydroxyl groups excluding tert-OH is 1. The number of hydrogen-bond donors (Lipinski definition) is 2. The van der Waals surface area contributed by atoms with Crippen LogP contribution < -0.4 is 0 Å². The highest BCUT2D eigenvalue weighted by Gasteiger charge is 1.91. The zero-order chi connectivity index (χ0) is 5.70. The van der Waals surface area contributed by atoms with E-state index in [2.05, 4.69) is 11.7 Å². The fraction of sp³-hybridized carbons (Fsp3) is 1.00. The van der Waals surface area contributed by atoms with Crippen molar-refractivity contribution in [2.45, 2.75) is 19.4 Å². The van der Waals surface area contributed by atoms with E-state index in [0.717, 1.165) is 12.2 Å². The number of hydrogen-bond acceptors (Lipinski definition) is 3. The van der Waals surface area contributed by atoms with Crippen LogP contribution in [0.4, 0.5) is 0 Å². The van der Waals surface area contributed by atoms with Gasteiger partial charge in [0, 0.05) is 5.75 Å². The summed E-state index contributed by atoms with van der Waals surface area (Å²) in [5.41, 5.74) is 0. The molecular weight excluding hydrogens is 128 g/mol. The lowest BCUT2D eigenvalue weighted by atomic mass is 10.3. The molecule has 0 aliphatic rings. The van der Waals surface area contributed by atoms with Crippen LogP contribution in [-0.4, -0.2) is 17.0 Å². The van der Waals surface area contributed by atoms with Gasteiger partial charge in [0.2, 0.25) is 0 Å². The zero-order valence-corrected chi connectivity index (χ0v) is 6.01. The van der Waals surface area contributed by atoms with E-state index in [4.69, 9.17) is 5.11 Å². The fourth-order valence-corrected chi connectivity index (χ4v) is 0.986. The summed E-state index contributed by atoms with van der Waals surface area (Å²) in [5, 5.41) is 8.64. The maximum Gasteiger partial charge on any atom is 0.0520 e. The molecule has 0 aromatic heterocycles. The van der Waals surface area contributed by atoms with E-state index < -0.39 is 0 Å². The quantitative estimate of drug-likeness (QED) is 0.453. The van der Waals surface area contributed by atoms with Crippen LogP contribution in [0.25, 0.3) is 0 Å². The van der Waals surface area contributed by atoms with Crippen LogP contribution in [0.5, 0.6) is 0 Å². The highest BCUT2D eigenvalue weighted by Crippen LogP contribution is 2.07. The predicted octanol–water partition coefficient (Wildman–Crippen LogP) is 1.34. The Balaban J connectivity index is 2.68. The summed E-state index contributed by atoms with van der Waals surface area (Å²) in [6, 6.07) is 0. The van der Waals surface area contributed by atoms with E-state index in [1.54, 1.807) is 6.92 Å². The normalized spacial score (nSPS) is 14.1. The summed E-state index contributed by atoms with van der Waals surface area (Å²) < 4.78 is 0. The van der Waals surface area contributed by atoms with Gasteiger partial charge >= 0.3 is 0 Å². The molecular formula is C4H10OS2. The number of rotatable bonds is 3. The van der Waals surface area contributed by atoms with Gasteiger partial charge in [0.25, 0.3) is 0 Å². The maximum absolute atomic E-state index is 8.64. The molecule has 1 N–H and O–H groups in total.